The highest BCUT2D eigenvalue weighted by Crippen LogP contribution is 2.19. The largest absolute Gasteiger partial charge is 0.462 e. The summed E-state index contributed by atoms with van der Waals surface area (Å²) in [6.45, 7) is 2.15. The maximum atomic E-state index is 11.4. The molecule has 0 radical (unpaired) electrons. The highest BCUT2D eigenvalue weighted by molar-refractivity contribution is 9.10. The fraction of sp³-hybridized carbons (Fsp3) is 0.300. The molecule has 76 valence electrons. The van der Waals surface area contributed by atoms with Crippen LogP contribution >= 0.6 is 27.5 Å². The third kappa shape index (κ3) is 2.72. The SMILES string of the molecule is CCOC(=O)c1ccc(Br)cc1CCl. The van der Waals surface area contributed by atoms with Gasteiger partial charge in [0.15, 0.2) is 0 Å². The van der Waals surface area contributed by atoms with Crippen LogP contribution in [0.25, 0.3) is 0 Å². The second kappa shape index (κ2) is 5.37. The molecule has 0 atom stereocenters. The summed E-state index contributed by atoms with van der Waals surface area (Å²) in [5, 5.41) is 0. The van der Waals surface area contributed by atoms with Gasteiger partial charge in [-0.25, -0.2) is 4.79 Å². The van der Waals surface area contributed by atoms with Crippen LogP contribution in [0.2, 0.25) is 0 Å². The highest BCUT2D eigenvalue weighted by atomic mass is 79.9. The van der Waals surface area contributed by atoms with Gasteiger partial charge in [-0.05, 0) is 30.7 Å². The molecule has 0 aliphatic heterocycles. The summed E-state index contributed by atoms with van der Waals surface area (Å²) in [6, 6.07) is 5.32. The minimum absolute atomic E-state index is 0.299. The topological polar surface area (TPSA) is 26.3 Å². The van der Waals surface area contributed by atoms with Gasteiger partial charge in [-0.3, -0.25) is 0 Å². The molecule has 1 aromatic carbocycles. The number of halogens is 2. The first-order valence-electron chi connectivity index (χ1n) is 4.20. The lowest BCUT2D eigenvalue weighted by Crippen LogP contribution is -2.07. The zero-order valence-corrected chi connectivity index (χ0v) is 10.1. The molecule has 0 saturated carbocycles. The lowest BCUT2D eigenvalue weighted by molar-refractivity contribution is 0.0525. The van der Waals surface area contributed by atoms with Crippen molar-refractivity contribution in [1.82, 2.24) is 0 Å². The van der Waals surface area contributed by atoms with Gasteiger partial charge in [0.05, 0.1) is 12.2 Å². The van der Waals surface area contributed by atoms with Crippen molar-refractivity contribution < 1.29 is 9.53 Å². The van der Waals surface area contributed by atoms with Gasteiger partial charge in [-0.15, -0.1) is 11.6 Å². The summed E-state index contributed by atoms with van der Waals surface area (Å²) in [6.07, 6.45) is 0. The molecule has 4 heteroatoms. The maximum absolute atomic E-state index is 11.4. The van der Waals surface area contributed by atoms with Crippen molar-refractivity contribution in [1.29, 1.82) is 0 Å². The van der Waals surface area contributed by atoms with Crippen LogP contribution in [0.15, 0.2) is 22.7 Å². The smallest absolute Gasteiger partial charge is 0.338 e. The summed E-state index contributed by atoms with van der Waals surface area (Å²) in [5.74, 6) is -0.0243. The molecule has 0 unspecified atom stereocenters. The molecule has 0 bridgehead atoms. The van der Waals surface area contributed by atoms with Crippen LogP contribution in [0, 0.1) is 0 Å². The van der Waals surface area contributed by atoms with E-state index in [9.17, 15) is 4.79 Å². The standard InChI is InChI=1S/C10H10BrClO2/c1-2-14-10(13)9-4-3-8(11)5-7(9)6-12/h3-5H,2,6H2,1H3. The van der Waals surface area contributed by atoms with E-state index in [0.717, 1.165) is 10.0 Å². The van der Waals surface area contributed by atoms with Crippen molar-refractivity contribution in [2.75, 3.05) is 6.61 Å². The van der Waals surface area contributed by atoms with Gasteiger partial charge in [-0.1, -0.05) is 15.9 Å². The molecular weight excluding hydrogens is 267 g/mol. The Kier molecular flexibility index (Phi) is 4.42. The normalized spacial score (nSPS) is 9.93. The van der Waals surface area contributed by atoms with Crippen LogP contribution in [0.1, 0.15) is 22.8 Å². The Balaban J connectivity index is 3.01. The molecule has 0 aliphatic carbocycles. The van der Waals surface area contributed by atoms with Crippen molar-refractivity contribution in [2.24, 2.45) is 0 Å². The Hall–Kier alpha value is -0.540. The zero-order chi connectivity index (χ0) is 10.6. The summed E-state index contributed by atoms with van der Waals surface area (Å²) < 4.78 is 5.80. The van der Waals surface area contributed by atoms with E-state index in [2.05, 4.69) is 15.9 Å². The number of esters is 1. The molecule has 0 heterocycles. The van der Waals surface area contributed by atoms with Gasteiger partial charge in [0.1, 0.15) is 0 Å². The van der Waals surface area contributed by atoms with Crippen LogP contribution in [0.4, 0.5) is 0 Å². The number of carbonyl (C=O) groups excluding carboxylic acids is 1. The molecule has 14 heavy (non-hydrogen) atoms. The van der Waals surface area contributed by atoms with Gasteiger partial charge in [0, 0.05) is 10.4 Å². The Labute approximate surface area is 96.3 Å². The molecule has 0 aliphatic rings. The summed E-state index contributed by atoms with van der Waals surface area (Å²) >= 11 is 9.03. The number of alkyl halides is 1. The Morgan fingerprint density at radius 2 is 2.29 bits per heavy atom. The van der Waals surface area contributed by atoms with Crippen molar-refractivity contribution in [3.05, 3.63) is 33.8 Å². The third-order valence-electron chi connectivity index (χ3n) is 1.71. The van der Waals surface area contributed by atoms with Crippen molar-refractivity contribution >= 4 is 33.5 Å². The highest BCUT2D eigenvalue weighted by Gasteiger charge is 2.11. The van der Waals surface area contributed by atoms with Crippen LogP contribution in [-0.4, -0.2) is 12.6 Å². The average molecular weight is 278 g/mol. The fourth-order valence-corrected chi connectivity index (χ4v) is 1.71. The van der Waals surface area contributed by atoms with Crippen molar-refractivity contribution in [3.8, 4) is 0 Å². The van der Waals surface area contributed by atoms with Crippen LogP contribution in [0.3, 0.4) is 0 Å². The Bertz CT molecular complexity index is 339. The van der Waals surface area contributed by atoms with Gasteiger partial charge in [-0.2, -0.15) is 0 Å². The number of benzene rings is 1. The van der Waals surface area contributed by atoms with Gasteiger partial charge < -0.3 is 4.74 Å². The number of hydrogen-bond donors (Lipinski definition) is 0. The second-order valence-corrected chi connectivity index (χ2v) is 3.84. The Morgan fingerprint density at radius 1 is 1.57 bits per heavy atom. The molecular formula is C10H10BrClO2. The first kappa shape index (κ1) is 11.5. The van der Waals surface area contributed by atoms with Gasteiger partial charge >= 0.3 is 5.97 Å². The summed E-state index contributed by atoms with van der Waals surface area (Å²) in [7, 11) is 0. The van der Waals surface area contributed by atoms with Gasteiger partial charge in [0.2, 0.25) is 0 Å². The summed E-state index contributed by atoms with van der Waals surface area (Å²) in [5.41, 5.74) is 1.31. The first-order chi connectivity index (χ1) is 6.69. The molecule has 0 amide bonds. The van der Waals surface area contributed by atoms with Crippen LogP contribution < -0.4 is 0 Å². The predicted molar refractivity (Wildman–Crippen MR) is 59.7 cm³/mol. The monoisotopic (exact) mass is 276 g/mol. The average Bonchev–Trinajstić information content (AvgIpc) is 2.17. The van der Waals surface area contributed by atoms with Gasteiger partial charge in [0.25, 0.3) is 0 Å². The van der Waals surface area contributed by atoms with E-state index >= 15 is 0 Å². The molecule has 0 N–H and O–H groups in total. The van der Waals surface area contributed by atoms with Crippen LogP contribution in [-0.2, 0) is 10.6 Å². The minimum atomic E-state index is -0.323. The number of hydrogen-bond acceptors (Lipinski definition) is 2. The number of ether oxygens (including phenoxy) is 1. The first-order valence-corrected chi connectivity index (χ1v) is 5.53. The molecule has 0 spiro atoms. The van der Waals surface area contributed by atoms with Crippen LogP contribution in [0.5, 0.6) is 0 Å². The quantitative estimate of drug-likeness (QED) is 0.625. The zero-order valence-electron chi connectivity index (χ0n) is 7.72. The second-order valence-electron chi connectivity index (χ2n) is 2.66. The number of carbonyl (C=O) groups is 1. The maximum Gasteiger partial charge on any atom is 0.338 e. The van der Waals surface area contributed by atoms with E-state index in [-0.39, 0.29) is 5.97 Å². The lowest BCUT2D eigenvalue weighted by Gasteiger charge is -2.06. The minimum Gasteiger partial charge on any atom is -0.462 e. The van der Waals surface area contributed by atoms with Crippen molar-refractivity contribution in [3.63, 3.8) is 0 Å². The molecule has 1 rings (SSSR count). The number of rotatable bonds is 3. The van der Waals surface area contributed by atoms with Crippen molar-refractivity contribution in [2.45, 2.75) is 12.8 Å². The van der Waals surface area contributed by atoms with E-state index in [4.69, 9.17) is 16.3 Å². The Morgan fingerprint density at radius 3 is 2.86 bits per heavy atom. The van der Waals surface area contributed by atoms with E-state index in [0.29, 0.717) is 18.1 Å². The fourth-order valence-electron chi connectivity index (χ4n) is 1.08. The van der Waals surface area contributed by atoms with E-state index in [1.54, 1.807) is 19.1 Å². The summed E-state index contributed by atoms with van der Waals surface area (Å²) in [4.78, 5) is 11.4. The molecule has 0 aromatic heterocycles. The lowest BCUT2D eigenvalue weighted by atomic mass is 10.1. The van der Waals surface area contributed by atoms with E-state index in [1.807, 2.05) is 6.07 Å². The van der Waals surface area contributed by atoms with E-state index < -0.39 is 0 Å². The molecule has 0 saturated heterocycles. The van der Waals surface area contributed by atoms with E-state index in [1.165, 1.54) is 0 Å². The predicted octanol–water partition coefficient (Wildman–Crippen LogP) is 3.36. The molecule has 2 nitrogen and oxygen atoms in total. The molecule has 0 fully saturated rings. The molecule has 1 aromatic rings. The third-order valence-corrected chi connectivity index (χ3v) is 2.49.